The highest BCUT2D eigenvalue weighted by Gasteiger charge is 2.15. The Morgan fingerprint density at radius 2 is 2.27 bits per heavy atom. The number of nitrogens with zero attached hydrogens (tertiary/aromatic N) is 4. The fourth-order valence-corrected chi connectivity index (χ4v) is 1.65. The zero-order valence-electron chi connectivity index (χ0n) is 7.37. The lowest BCUT2D eigenvalue weighted by Gasteiger charge is -2.01. The molecule has 2 aromatic rings. The van der Waals surface area contributed by atoms with Gasteiger partial charge in [0.2, 0.25) is 0 Å². The molecule has 1 heterocycles. The fourth-order valence-electron chi connectivity index (χ4n) is 1.17. The van der Waals surface area contributed by atoms with Crippen molar-refractivity contribution in [1.29, 1.82) is 0 Å². The molecular formula is C8H5IN4O2. The second-order valence-electron chi connectivity index (χ2n) is 2.74. The van der Waals surface area contributed by atoms with E-state index in [1.165, 1.54) is 16.9 Å². The second kappa shape index (κ2) is 3.93. The van der Waals surface area contributed by atoms with Gasteiger partial charge < -0.3 is 0 Å². The van der Waals surface area contributed by atoms with Gasteiger partial charge in [-0.05, 0) is 34.7 Å². The van der Waals surface area contributed by atoms with Crippen LogP contribution in [0.5, 0.6) is 0 Å². The first-order valence-electron chi connectivity index (χ1n) is 3.99. The van der Waals surface area contributed by atoms with Crippen LogP contribution in [0.15, 0.2) is 30.6 Å². The lowest BCUT2D eigenvalue weighted by Crippen LogP contribution is -2.01. The van der Waals surface area contributed by atoms with E-state index >= 15 is 0 Å². The molecule has 0 fully saturated rings. The number of nitro benzene ring substituents is 1. The van der Waals surface area contributed by atoms with E-state index < -0.39 is 4.92 Å². The van der Waals surface area contributed by atoms with Crippen LogP contribution in [-0.2, 0) is 0 Å². The van der Waals surface area contributed by atoms with Crippen LogP contribution in [0.3, 0.4) is 0 Å². The number of hydrogen-bond acceptors (Lipinski definition) is 4. The molecule has 76 valence electrons. The molecule has 0 unspecified atom stereocenters. The summed E-state index contributed by atoms with van der Waals surface area (Å²) in [5, 5.41) is 18.1. The van der Waals surface area contributed by atoms with Crippen LogP contribution in [0.25, 0.3) is 5.69 Å². The van der Waals surface area contributed by atoms with Gasteiger partial charge in [-0.2, -0.15) is 0 Å². The first-order valence-corrected chi connectivity index (χ1v) is 5.07. The van der Waals surface area contributed by atoms with Crippen molar-refractivity contribution in [3.63, 3.8) is 0 Å². The Kier molecular flexibility index (Phi) is 2.62. The Morgan fingerprint density at radius 3 is 2.87 bits per heavy atom. The average Bonchev–Trinajstić information content (AvgIpc) is 2.69. The minimum Gasteiger partial charge on any atom is -0.258 e. The molecule has 0 atom stereocenters. The summed E-state index contributed by atoms with van der Waals surface area (Å²) in [6.45, 7) is 0. The molecule has 2 rings (SSSR count). The molecule has 0 spiro atoms. The Labute approximate surface area is 98.2 Å². The minimum absolute atomic E-state index is 0.0147. The molecular weight excluding hydrogens is 311 g/mol. The molecule has 0 bridgehead atoms. The Hall–Kier alpha value is -1.51. The van der Waals surface area contributed by atoms with Crippen LogP contribution in [0, 0.1) is 13.7 Å². The van der Waals surface area contributed by atoms with Gasteiger partial charge in [-0.1, -0.05) is 5.21 Å². The van der Waals surface area contributed by atoms with Crippen molar-refractivity contribution in [1.82, 2.24) is 15.0 Å². The quantitative estimate of drug-likeness (QED) is 0.481. The summed E-state index contributed by atoms with van der Waals surface area (Å²) in [6, 6.07) is 4.82. The van der Waals surface area contributed by atoms with Gasteiger partial charge in [0.05, 0.1) is 17.3 Å². The normalized spacial score (nSPS) is 10.2. The van der Waals surface area contributed by atoms with E-state index in [4.69, 9.17) is 0 Å². The number of halogens is 1. The zero-order valence-corrected chi connectivity index (χ0v) is 9.53. The molecule has 0 aliphatic carbocycles. The highest BCUT2D eigenvalue weighted by molar-refractivity contribution is 14.1. The van der Waals surface area contributed by atoms with Gasteiger partial charge in [0.25, 0.3) is 5.69 Å². The van der Waals surface area contributed by atoms with Gasteiger partial charge in [0.15, 0.2) is 0 Å². The SMILES string of the molecule is O=[N+]([O-])c1ccc(I)cc1-n1ccnn1. The van der Waals surface area contributed by atoms with Crippen LogP contribution >= 0.6 is 22.6 Å². The molecule has 1 aromatic heterocycles. The zero-order chi connectivity index (χ0) is 10.8. The van der Waals surface area contributed by atoms with Crippen molar-refractivity contribution in [3.05, 3.63) is 44.3 Å². The van der Waals surface area contributed by atoms with Crippen molar-refractivity contribution in [2.45, 2.75) is 0 Å². The molecule has 0 aliphatic heterocycles. The summed E-state index contributed by atoms with van der Waals surface area (Å²) in [4.78, 5) is 10.3. The van der Waals surface area contributed by atoms with Crippen molar-refractivity contribution in [2.24, 2.45) is 0 Å². The molecule has 0 N–H and O–H groups in total. The van der Waals surface area contributed by atoms with Crippen LogP contribution < -0.4 is 0 Å². The van der Waals surface area contributed by atoms with E-state index in [9.17, 15) is 10.1 Å². The van der Waals surface area contributed by atoms with Gasteiger partial charge >= 0.3 is 0 Å². The summed E-state index contributed by atoms with van der Waals surface area (Å²) in [7, 11) is 0. The second-order valence-corrected chi connectivity index (χ2v) is 3.98. The Morgan fingerprint density at radius 1 is 1.47 bits per heavy atom. The summed E-state index contributed by atoms with van der Waals surface area (Å²) in [5.74, 6) is 0. The van der Waals surface area contributed by atoms with E-state index in [0.717, 1.165) is 3.57 Å². The molecule has 0 radical (unpaired) electrons. The van der Waals surface area contributed by atoms with E-state index in [0.29, 0.717) is 5.69 Å². The molecule has 15 heavy (non-hydrogen) atoms. The number of aromatic nitrogens is 3. The van der Waals surface area contributed by atoms with Crippen LogP contribution in [0.4, 0.5) is 5.69 Å². The third-order valence-corrected chi connectivity index (χ3v) is 2.47. The minimum atomic E-state index is -0.437. The summed E-state index contributed by atoms with van der Waals surface area (Å²) in [6.07, 6.45) is 3.04. The maximum absolute atomic E-state index is 10.8. The molecule has 0 saturated heterocycles. The Balaban J connectivity index is 2.63. The fraction of sp³-hybridized carbons (Fsp3) is 0. The van der Waals surface area contributed by atoms with E-state index in [1.54, 1.807) is 18.3 Å². The molecule has 0 amide bonds. The van der Waals surface area contributed by atoms with Crippen LogP contribution in [0.1, 0.15) is 0 Å². The predicted molar refractivity (Wildman–Crippen MR) is 60.7 cm³/mol. The standard InChI is InChI=1S/C8H5IN4O2/c9-6-1-2-7(13(14)15)8(5-6)12-4-3-10-11-12/h1-5H. The number of hydrogen-bond donors (Lipinski definition) is 0. The number of rotatable bonds is 2. The summed E-state index contributed by atoms with van der Waals surface area (Å²) >= 11 is 2.09. The first-order chi connectivity index (χ1) is 7.18. The maximum atomic E-state index is 10.8. The lowest BCUT2D eigenvalue weighted by molar-refractivity contribution is -0.384. The monoisotopic (exact) mass is 316 g/mol. The summed E-state index contributed by atoms with van der Waals surface area (Å²) in [5.41, 5.74) is 0.435. The van der Waals surface area contributed by atoms with Crippen molar-refractivity contribution in [3.8, 4) is 5.69 Å². The van der Waals surface area contributed by atoms with Crippen molar-refractivity contribution < 1.29 is 4.92 Å². The predicted octanol–water partition coefficient (Wildman–Crippen LogP) is 1.78. The number of benzene rings is 1. The van der Waals surface area contributed by atoms with E-state index in [2.05, 4.69) is 32.9 Å². The summed E-state index contributed by atoms with van der Waals surface area (Å²) < 4.78 is 2.28. The average molecular weight is 316 g/mol. The van der Waals surface area contributed by atoms with Crippen molar-refractivity contribution >= 4 is 28.3 Å². The number of nitro groups is 1. The highest BCUT2D eigenvalue weighted by atomic mass is 127. The van der Waals surface area contributed by atoms with E-state index in [1.807, 2.05) is 0 Å². The van der Waals surface area contributed by atoms with Gasteiger partial charge in [0.1, 0.15) is 5.69 Å². The van der Waals surface area contributed by atoms with Crippen molar-refractivity contribution in [2.75, 3.05) is 0 Å². The Bertz CT molecular complexity index is 497. The molecule has 0 saturated carbocycles. The topological polar surface area (TPSA) is 73.8 Å². The largest absolute Gasteiger partial charge is 0.295 e. The van der Waals surface area contributed by atoms with Gasteiger partial charge in [-0.15, -0.1) is 5.10 Å². The van der Waals surface area contributed by atoms with Crippen LogP contribution in [0.2, 0.25) is 0 Å². The third-order valence-electron chi connectivity index (χ3n) is 1.80. The maximum Gasteiger partial charge on any atom is 0.295 e. The van der Waals surface area contributed by atoms with Crippen LogP contribution in [-0.4, -0.2) is 19.9 Å². The van der Waals surface area contributed by atoms with E-state index in [-0.39, 0.29) is 5.69 Å². The van der Waals surface area contributed by atoms with Gasteiger partial charge in [-0.3, -0.25) is 10.1 Å². The van der Waals surface area contributed by atoms with Gasteiger partial charge in [0, 0.05) is 9.64 Å². The third kappa shape index (κ3) is 1.96. The first kappa shape index (κ1) is 10.0. The molecule has 0 aliphatic rings. The lowest BCUT2D eigenvalue weighted by atomic mass is 10.3. The van der Waals surface area contributed by atoms with Gasteiger partial charge in [-0.25, -0.2) is 4.68 Å². The molecule has 1 aromatic carbocycles. The smallest absolute Gasteiger partial charge is 0.258 e. The highest BCUT2D eigenvalue weighted by Crippen LogP contribution is 2.23. The molecule has 6 nitrogen and oxygen atoms in total. The molecule has 7 heteroatoms.